The summed E-state index contributed by atoms with van der Waals surface area (Å²) in [5, 5.41) is 5.90. The third kappa shape index (κ3) is 3.55. The lowest BCUT2D eigenvalue weighted by atomic mass is 9.77. The molecule has 23 heavy (non-hydrogen) atoms. The monoisotopic (exact) mass is 314 g/mol. The minimum Gasteiger partial charge on any atom is -0.484 e. The molecular formula is C18H22N2O3. The van der Waals surface area contributed by atoms with Crippen LogP contribution in [-0.4, -0.2) is 25.0 Å². The van der Waals surface area contributed by atoms with E-state index in [0.29, 0.717) is 18.7 Å². The van der Waals surface area contributed by atoms with Crippen LogP contribution in [0, 0.1) is 12.3 Å². The van der Waals surface area contributed by atoms with Crippen LogP contribution in [0.2, 0.25) is 0 Å². The van der Waals surface area contributed by atoms with E-state index in [1.165, 1.54) is 0 Å². The molecule has 1 aliphatic carbocycles. The zero-order chi connectivity index (χ0) is 16.3. The van der Waals surface area contributed by atoms with Gasteiger partial charge in [0.25, 0.3) is 5.91 Å². The molecule has 0 radical (unpaired) electrons. The number of aryl methyl sites for hydroxylation is 1. The molecule has 1 aromatic carbocycles. The van der Waals surface area contributed by atoms with E-state index >= 15 is 0 Å². The van der Waals surface area contributed by atoms with Crippen molar-refractivity contribution in [2.45, 2.75) is 32.6 Å². The molecule has 1 aliphatic heterocycles. The molecule has 5 heteroatoms. The Balaban J connectivity index is 1.50. The van der Waals surface area contributed by atoms with Gasteiger partial charge in [0.05, 0.1) is 0 Å². The maximum Gasteiger partial charge on any atom is 0.257 e. The molecule has 0 spiro atoms. The van der Waals surface area contributed by atoms with E-state index in [4.69, 9.17) is 4.74 Å². The lowest BCUT2D eigenvalue weighted by molar-refractivity contribution is -0.124. The third-order valence-corrected chi connectivity index (χ3v) is 4.66. The smallest absolute Gasteiger partial charge is 0.257 e. The van der Waals surface area contributed by atoms with Crippen molar-refractivity contribution in [2.24, 2.45) is 5.41 Å². The van der Waals surface area contributed by atoms with Crippen LogP contribution in [-0.2, 0) is 9.59 Å². The highest BCUT2D eigenvalue weighted by atomic mass is 16.5. The average molecular weight is 314 g/mol. The molecule has 0 aromatic heterocycles. The molecule has 122 valence electrons. The lowest BCUT2D eigenvalue weighted by Gasteiger charge is -2.36. The Morgan fingerprint density at radius 2 is 2.09 bits per heavy atom. The second kappa shape index (κ2) is 6.44. The van der Waals surface area contributed by atoms with E-state index in [0.717, 1.165) is 30.5 Å². The summed E-state index contributed by atoms with van der Waals surface area (Å²) in [5.74, 6) is 0.626. The van der Waals surface area contributed by atoms with Crippen molar-refractivity contribution in [1.82, 2.24) is 10.6 Å². The molecule has 2 N–H and O–H groups in total. The highest BCUT2D eigenvalue weighted by Crippen LogP contribution is 2.43. The second-order valence-electron chi connectivity index (χ2n) is 6.36. The van der Waals surface area contributed by atoms with Crippen molar-refractivity contribution < 1.29 is 14.3 Å². The summed E-state index contributed by atoms with van der Waals surface area (Å²) in [6, 6.07) is 7.62. The molecule has 3 rings (SSSR count). The quantitative estimate of drug-likeness (QED) is 0.874. The maximum atomic E-state index is 12.0. The van der Waals surface area contributed by atoms with E-state index in [2.05, 4.69) is 16.7 Å². The molecular weight excluding hydrogens is 292 g/mol. The van der Waals surface area contributed by atoms with Gasteiger partial charge < -0.3 is 15.4 Å². The first-order chi connectivity index (χ1) is 11.1. The number of carbonyl (C=O) groups is 2. The van der Waals surface area contributed by atoms with Gasteiger partial charge in [0, 0.05) is 24.1 Å². The average Bonchev–Trinajstić information content (AvgIpc) is 2.96. The van der Waals surface area contributed by atoms with E-state index in [-0.39, 0.29) is 23.8 Å². The molecule has 2 aliphatic rings. The summed E-state index contributed by atoms with van der Waals surface area (Å²) in [7, 11) is 0. The first-order valence-corrected chi connectivity index (χ1v) is 8.04. The van der Waals surface area contributed by atoms with E-state index in [1.54, 1.807) is 0 Å². The molecule has 0 bridgehead atoms. The summed E-state index contributed by atoms with van der Waals surface area (Å²) >= 11 is 0. The fourth-order valence-corrected chi connectivity index (χ4v) is 3.23. The van der Waals surface area contributed by atoms with Crippen LogP contribution >= 0.6 is 0 Å². The number of hydrogen-bond donors (Lipinski definition) is 2. The van der Waals surface area contributed by atoms with Gasteiger partial charge in [-0.1, -0.05) is 23.8 Å². The highest BCUT2D eigenvalue weighted by Gasteiger charge is 2.41. The number of piperidine rings is 1. The Hall–Kier alpha value is -2.30. The van der Waals surface area contributed by atoms with Crippen LogP contribution in [0.5, 0.6) is 5.75 Å². The van der Waals surface area contributed by atoms with Gasteiger partial charge in [-0.2, -0.15) is 0 Å². The Morgan fingerprint density at radius 1 is 1.30 bits per heavy atom. The number of fused-ring (bicyclic) bond motifs is 1. The Labute approximate surface area is 136 Å². The minimum absolute atomic E-state index is 0.00451. The van der Waals surface area contributed by atoms with Gasteiger partial charge in [0.2, 0.25) is 5.91 Å². The second-order valence-corrected chi connectivity index (χ2v) is 6.36. The van der Waals surface area contributed by atoms with Crippen molar-refractivity contribution in [3.63, 3.8) is 0 Å². The standard InChI is InChI=1S/C18H22N2O3/c1-13-4-6-14(7-5-13)23-11-17(22)19-12-18-9-2-3-15(18)20-16(21)8-10-18/h3-7H,2,8-12H2,1H3,(H,19,22)(H,20,21). The zero-order valence-corrected chi connectivity index (χ0v) is 13.4. The highest BCUT2D eigenvalue weighted by molar-refractivity contribution is 5.80. The number of ether oxygens (including phenoxy) is 1. The number of hydrogen-bond acceptors (Lipinski definition) is 3. The molecule has 1 atom stereocenters. The normalized spacial score (nSPS) is 22.8. The molecule has 1 saturated heterocycles. The molecule has 0 saturated carbocycles. The maximum absolute atomic E-state index is 12.0. The van der Waals surface area contributed by atoms with Crippen molar-refractivity contribution >= 4 is 11.8 Å². The number of benzene rings is 1. The van der Waals surface area contributed by atoms with Crippen molar-refractivity contribution in [1.29, 1.82) is 0 Å². The van der Waals surface area contributed by atoms with E-state index < -0.39 is 0 Å². The fraction of sp³-hybridized carbons (Fsp3) is 0.444. The van der Waals surface area contributed by atoms with Gasteiger partial charge in [-0.15, -0.1) is 0 Å². The van der Waals surface area contributed by atoms with E-state index in [1.807, 2.05) is 31.2 Å². The van der Waals surface area contributed by atoms with Gasteiger partial charge in [-0.3, -0.25) is 9.59 Å². The molecule has 5 nitrogen and oxygen atoms in total. The van der Waals surface area contributed by atoms with Gasteiger partial charge in [0.1, 0.15) is 5.75 Å². The summed E-state index contributed by atoms with van der Waals surface area (Å²) in [6.07, 6.45) is 5.32. The van der Waals surface area contributed by atoms with Crippen molar-refractivity contribution in [3.8, 4) is 5.75 Å². The van der Waals surface area contributed by atoms with Crippen LogP contribution < -0.4 is 15.4 Å². The number of allylic oxidation sites excluding steroid dienone is 1. The minimum atomic E-state index is -0.136. The Morgan fingerprint density at radius 3 is 2.87 bits per heavy atom. The summed E-state index contributed by atoms with van der Waals surface area (Å²) in [6.45, 7) is 2.56. The van der Waals surface area contributed by atoms with Gasteiger partial charge >= 0.3 is 0 Å². The summed E-state index contributed by atoms with van der Waals surface area (Å²) in [4.78, 5) is 23.5. The van der Waals surface area contributed by atoms with Crippen LogP contribution in [0.3, 0.4) is 0 Å². The summed E-state index contributed by atoms with van der Waals surface area (Å²) < 4.78 is 5.49. The van der Waals surface area contributed by atoms with Crippen LogP contribution in [0.15, 0.2) is 36.0 Å². The first kappa shape index (κ1) is 15.6. The largest absolute Gasteiger partial charge is 0.484 e. The van der Waals surface area contributed by atoms with Crippen LogP contribution in [0.1, 0.15) is 31.2 Å². The first-order valence-electron chi connectivity index (χ1n) is 8.04. The van der Waals surface area contributed by atoms with Gasteiger partial charge in [0.15, 0.2) is 6.61 Å². The summed E-state index contributed by atoms with van der Waals surface area (Å²) in [5.41, 5.74) is 2.03. The van der Waals surface area contributed by atoms with Gasteiger partial charge in [-0.25, -0.2) is 0 Å². The van der Waals surface area contributed by atoms with Crippen LogP contribution in [0.25, 0.3) is 0 Å². The molecule has 1 fully saturated rings. The van der Waals surface area contributed by atoms with Gasteiger partial charge in [-0.05, 0) is 38.3 Å². The number of rotatable bonds is 5. The lowest BCUT2D eigenvalue weighted by Crippen LogP contribution is -2.46. The van der Waals surface area contributed by atoms with Crippen molar-refractivity contribution in [3.05, 3.63) is 41.6 Å². The molecule has 1 unspecified atom stereocenters. The number of carbonyl (C=O) groups excluding carboxylic acids is 2. The Kier molecular flexibility index (Phi) is 4.37. The zero-order valence-electron chi connectivity index (χ0n) is 13.4. The SMILES string of the molecule is Cc1ccc(OCC(=O)NCC23CCC=C2NC(=O)CC3)cc1. The predicted molar refractivity (Wildman–Crippen MR) is 86.8 cm³/mol. The van der Waals surface area contributed by atoms with Crippen molar-refractivity contribution in [2.75, 3.05) is 13.2 Å². The van der Waals surface area contributed by atoms with Crippen LogP contribution in [0.4, 0.5) is 0 Å². The Bertz CT molecular complexity index is 636. The fourth-order valence-electron chi connectivity index (χ4n) is 3.23. The van der Waals surface area contributed by atoms with E-state index in [9.17, 15) is 9.59 Å². The molecule has 1 heterocycles. The number of nitrogens with one attached hydrogen (secondary N) is 2. The topological polar surface area (TPSA) is 67.4 Å². The third-order valence-electron chi connectivity index (χ3n) is 4.66. The predicted octanol–water partition coefficient (Wildman–Crippen LogP) is 2.06. The molecule has 1 aromatic rings. The number of amides is 2. The molecule has 2 amide bonds.